The Labute approximate surface area is 236 Å². The van der Waals surface area contributed by atoms with Crippen molar-refractivity contribution in [3.05, 3.63) is 88.2 Å². The summed E-state index contributed by atoms with van der Waals surface area (Å²) < 4.78 is 12.4. The molecule has 1 fully saturated rings. The van der Waals surface area contributed by atoms with E-state index in [9.17, 15) is 14.4 Å². The van der Waals surface area contributed by atoms with Gasteiger partial charge in [0.15, 0.2) is 22.4 Å². The molecule has 0 unspecified atom stereocenters. The number of fused-ring (bicyclic) bond motifs is 1. The summed E-state index contributed by atoms with van der Waals surface area (Å²) in [6.07, 6.45) is 5.06. The number of benzene rings is 3. The molecule has 1 saturated carbocycles. The summed E-state index contributed by atoms with van der Waals surface area (Å²) in [5.74, 6) is 0.837. The monoisotopic (exact) mass is 557 g/mol. The minimum Gasteiger partial charge on any atom is -0.493 e. The number of carbonyl (C=O) groups is 2. The van der Waals surface area contributed by atoms with Crippen LogP contribution in [0.1, 0.15) is 58.9 Å². The summed E-state index contributed by atoms with van der Waals surface area (Å²) in [6, 6.07) is 19.2. The number of methoxy groups -OCH3 is 2. The van der Waals surface area contributed by atoms with Crippen LogP contribution in [0.3, 0.4) is 0 Å². The number of Topliss-reactive ketones (excluding diaryl/α,β-unsaturated/α-hetero) is 1. The van der Waals surface area contributed by atoms with E-state index in [0.29, 0.717) is 44.4 Å². The summed E-state index contributed by atoms with van der Waals surface area (Å²) in [4.78, 5) is 44.6. The maximum Gasteiger partial charge on any atom is 0.262 e. The molecular formula is C31H31N3O5S. The van der Waals surface area contributed by atoms with Crippen LogP contribution in [0.25, 0.3) is 10.9 Å². The average Bonchev–Trinajstić information content (AvgIpc) is 3.00. The first kappa shape index (κ1) is 27.5. The Balaban J connectivity index is 1.47. The van der Waals surface area contributed by atoms with Gasteiger partial charge in [0.25, 0.3) is 11.5 Å². The van der Waals surface area contributed by atoms with Crippen LogP contribution in [-0.4, -0.2) is 41.2 Å². The van der Waals surface area contributed by atoms with Crippen LogP contribution in [-0.2, 0) is 0 Å². The lowest BCUT2D eigenvalue weighted by Crippen LogP contribution is -2.29. The molecule has 40 heavy (non-hydrogen) atoms. The summed E-state index contributed by atoms with van der Waals surface area (Å²) in [5, 5.41) is 3.82. The summed E-state index contributed by atoms with van der Waals surface area (Å²) in [7, 11) is 3.08. The molecular weight excluding hydrogens is 526 g/mol. The molecule has 1 heterocycles. The van der Waals surface area contributed by atoms with Gasteiger partial charge in [-0.25, -0.2) is 4.98 Å². The van der Waals surface area contributed by atoms with Crippen LogP contribution in [0.4, 0.5) is 5.69 Å². The minimum atomic E-state index is -0.346. The van der Waals surface area contributed by atoms with Crippen molar-refractivity contribution < 1.29 is 19.1 Å². The van der Waals surface area contributed by atoms with Crippen molar-refractivity contribution in [3.63, 3.8) is 0 Å². The molecule has 206 valence electrons. The number of nitrogens with one attached hydrogen (secondary N) is 1. The minimum absolute atomic E-state index is 0.0295. The van der Waals surface area contributed by atoms with Crippen molar-refractivity contribution in [3.8, 4) is 11.5 Å². The molecule has 3 aromatic carbocycles. The molecule has 0 saturated heterocycles. The fourth-order valence-corrected chi connectivity index (χ4v) is 6.00. The highest BCUT2D eigenvalue weighted by atomic mass is 32.2. The zero-order chi connectivity index (χ0) is 28.1. The number of carbonyl (C=O) groups excluding carboxylic acids is 2. The highest BCUT2D eigenvalue weighted by molar-refractivity contribution is 7.99. The van der Waals surface area contributed by atoms with Crippen LogP contribution in [0.15, 0.2) is 76.7 Å². The molecule has 5 rings (SSSR count). The van der Waals surface area contributed by atoms with E-state index < -0.39 is 0 Å². The predicted octanol–water partition coefficient (Wildman–Crippen LogP) is 6.15. The van der Waals surface area contributed by atoms with Crippen molar-refractivity contribution in [1.29, 1.82) is 0 Å². The van der Waals surface area contributed by atoms with Crippen molar-refractivity contribution in [2.75, 3.05) is 25.3 Å². The van der Waals surface area contributed by atoms with Gasteiger partial charge < -0.3 is 14.8 Å². The van der Waals surface area contributed by atoms with Crippen LogP contribution in [0, 0.1) is 0 Å². The second-order valence-electron chi connectivity index (χ2n) is 9.70. The van der Waals surface area contributed by atoms with Gasteiger partial charge >= 0.3 is 0 Å². The average molecular weight is 558 g/mol. The number of hydrogen-bond donors (Lipinski definition) is 1. The molecule has 0 radical (unpaired) electrons. The Hall–Kier alpha value is -4.11. The van der Waals surface area contributed by atoms with Gasteiger partial charge in [-0.2, -0.15) is 0 Å². The lowest BCUT2D eigenvalue weighted by Gasteiger charge is -2.26. The molecule has 0 aliphatic heterocycles. The smallest absolute Gasteiger partial charge is 0.262 e. The largest absolute Gasteiger partial charge is 0.493 e. The zero-order valence-electron chi connectivity index (χ0n) is 22.5. The second-order valence-corrected chi connectivity index (χ2v) is 10.6. The number of ketones is 1. The number of anilines is 1. The van der Waals surface area contributed by atoms with Crippen LogP contribution < -0.4 is 20.3 Å². The highest BCUT2D eigenvalue weighted by Gasteiger charge is 2.23. The normalized spacial score (nSPS) is 13.7. The van der Waals surface area contributed by atoms with E-state index >= 15 is 0 Å². The van der Waals surface area contributed by atoms with Gasteiger partial charge in [0.2, 0.25) is 0 Å². The number of rotatable bonds is 9. The Morgan fingerprint density at radius 3 is 2.40 bits per heavy atom. The maximum absolute atomic E-state index is 13.8. The van der Waals surface area contributed by atoms with Gasteiger partial charge in [-0.15, -0.1) is 0 Å². The first-order chi connectivity index (χ1) is 19.5. The number of nitrogens with zero attached hydrogens (tertiary/aromatic N) is 2. The topological polar surface area (TPSA) is 99.5 Å². The standard InChI is InChI=1S/C31H31N3O5S/c1-38-27-16-14-22(18-28(27)39-2)32-29(36)21-13-15-24-25(17-21)33-31(34(30(24)37)23-11-7-4-8-12-23)40-19-26(35)20-9-5-3-6-10-20/h3,5-6,9-10,13-18,23H,4,7-8,11-12,19H2,1-2H3,(H,32,36). The first-order valence-electron chi connectivity index (χ1n) is 13.3. The third-order valence-corrected chi connectivity index (χ3v) is 8.09. The predicted molar refractivity (Wildman–Crippen MR) is 157 cm³/mol. The highest BCUT2D eigenvalue weighted by Crippen LogP contribution is 2.32. The van der Waals surface area contributed by atoms with Crippen molar-refractivity contribution in [1.82, 2.24) is 9.55 Å². The van der Waals surface area contributed by atoms with Gasteiger partial charge in [-0.1, -0.05) is 61.4 Å². The third kappa shape index (κ3) is 5.89. The molecule has 1 amide bonds. The molecule has 4 aromatic rings. The molecule has 0 spiro atoms. The second kappa shape index (κ2) is 12.4. The van der Waals surface area contributed by atoms with Crippen molar-refractivity contribution >= 4 is 40.0 Å². The van der Waals surface area contributed by atoms with E-state index in [-0.39, 0.29) is 29.0 Å². The molecule has 8 nitrogen and oxygen atoms in total. The summed E-state index contributed by atoms with van der Waals surface area (Å²) >= 11 is 1.27. The molecule has 0 atom stereocenters. The zero-order valence-corrected chi connectivity index (χ0v) is 23.3. The molecule has 1 aromatic heterocycles. The third-order valence-electron chi connectivity index (χ3n) is 7.14. The van der Waals surface area contributed by atoms with Crippen LogP contribution in [0.2, 0.25) is 0 Å². The number of aromatic nitrogens is 2. The van der Waals surface area contributed by atoms with Gasteiger partial charge in [0.05, 0.1) is 30.9 Å². The number of amides is 1. The molecule has 1 aliphatic carbocycles. The first-order valence-corrected chi connectivity index (χ1v) is 14.3. The van der Waals surface area contributed by atoms with Gasteiger partial charge in [0, 0.05) is 28.9 Å². The maximum atomic E-state index is 13.8. The lowest BCUT2D eigenvalue weighted by molar-refractivity contribution is 0.101. The molecule has 9 heteroatoms. The lowest BCUT2D eigenvalue weighted by atomic mass is 9.95. The van der Waals surface area contributed by atoms with E-state index in [1.807, 2.05) is 18.2 Å². The van der Waals surface area contributed by atoms with Crippen molar-refractivity contribution in [2.45, 2.75) is 43.3 Å². The molecule has 1 aliphatic rings. The molecule has 0 bridgehead atoms. The number of ether oxygens (including phenoxy) is 2. The van der Waals surface area contributed by atoms with Crippen molar-refractivity contribution in [2.24, 2.45) is 0 Å². The van der Waals surface area contributed by atoms with Gasteiger partial charge in [-0.05, 0) is 43.2 Å². The van der Waals surface area contributed by atoms with Crippen LogP contribution in [0.5, 0.6) is 11.5 Å². The van der Waals surface area contributed by atoms with E-state index in [1.54, 1.807) is 60.2 Å². The summed E-state index contributed by atoms with van der Waals surface area (Å²) in [5.41, 5.74) is 1.81. The van der Waals surface area contributed by atoms with E-state index in [2.05, 4.69) is 5.32 Å². The van der Waals surface area contributed by atoms with E-state index in [0.717, 1.165) is 32.1 Å². The molecule has 1 N–H and O–H groups in total. The number of thioether (sulfide) groups is 1. The Kier molecular flexibility index (Phi) is 8.50. The number of hydrogen-bond acceptors (Lipinski definition) is 7. The quantitative estimate of drug-likeness (QED) is 0.150. The van der Waals surface area contributed by atoms with Gasteiger partial charge in [-0.3, -0.25) is 19.0 Å². The fraction of sp³-hybridized carbons (Fsp3) is 0.290. The van der Waals surface area contributed by atoms with Gasteiger partial charge in [0.1, 0.15) is 0 Å². The Morgan fingerprint density at radius 1 is 0.925 bits per heavy atom. The Morgan fingerprint density at radius 2 is 1.68 bits per heavy atom. The Bertz CT molecular complexity index is 1600. The van der Waals surface area contributed by atoms with E-state index in [4.69, 9.17) is 14.5 Å². The summed E-state index contributed by atoms with van der Waals surface area (Å²) in [6.45, 7) is 0. The SMILES string of the molecule is COc1ccc(NC(=O)c2ccc3c(=O)n(C4CCCCC4)c(SCC(=O)c4ccccc4)nc3c2)cc1OC. The van der Waals surface area contributed by atoms with E-state index in [1.165, 1.54) is 18.9 Å². The fourth-order valence-electron chi connectivity index (χ4n) is 5.04. The van der Waals surface area contributed by atoms with Crippen LogP contribution >= 0.6 is 11.8 Å².